The van der Waals surface area contributed by atoms with Crippen molar-refractivity contribution >= 4 is 27.9 Å². The number of hydrogen-bond donors (Lipinski definition) is 1. The highest BCUT2D eigenvalue weighted by molar-refractivity contribution is 9.10. The summed E-state index contributed by atoms with van der Waals surface area (Å²) >= 11 is 3.39. The molecule has 5 nitrogen and oxygen atoms in total. The van der Waals surface area contributed by atoms with Crippen molar-refractivity contribution in [3.05, 3.63) is 34.3 Å². The van der Waals surface area contributed by atoms with Crippen LogP contribution in [-0.2, 0) is 16.1 Å². The first kappa shape index (κ1) is 18.8. The minimum Gasteiger partial charge on any atom is -0.444 e. The standard InChI is InChI=1S/C18H25BrN2O3/c1-18(2,3)24-17(23)21-10-4-5-14(12-21)16(22)20-11-13-6-8-15(19)9-7-13/h6-9,14H,4-5,10-12H2,1-3H3,(H,20,22)/t14-/m1/s1. The van der Waals surface area contributed by atoms with Gasteiger partial charge in [0, 0.05) is 24.1 Å². The summed E-state index contributed by atoms with van der Waals surface area (Å²) in [5, 5.41) is 2.96. The normalized spacial score (nSPS) is 18.2. The molecular formula is C18H25BrN2O3. The summed E-state index contributed by atoms with van der Waals surface area (Å²) in [4.78, 5) is 26.2. The second-order valence-corrected chi connectivity index (χ2v) is 8.03. The highest BCUT2D eigenvalue weighted by atomic mass is 79.9. The van der Waals surface area contributed by atoms with E-state index in [0.717, 1.165) is 22.9 Å². The van der Waals surface area contributed by atoms with Gasteiger partial charge in [-0.15, -0.1) is 0 Å². The Labute approximate surface area is 151 Å². The Morgan fingerprint density at radius 2 is 1.96 bits per heavy atom. The van der Waals surface area contributed by atoms with E-state index in [1.54, 1.807) is 4.90 Å². The summed E-state index contributed by atoms with van der Waals surface area (Å²) in [5.41, 5.74) is 0.528. The lowest BCUT2D eigenvalue weighted by Gasteiger charge is -2.33. The molecule has 0 aliphatic carbocycles. The fourth-order valence-electron chi connectivity index (χ4n) is 2.62. The van der Waals surface area contributed by atoms with Crippen LogP contribution in [0.5, 0.6) is 0 Å². The quantitative estimate of drug-likeness (QED) is 0.846. The van der Waals surface area contributed by atoms with E-state index >= 15 is 0 Å². The number of rotatable bonds is 3. The van der Waals surface area contributed by atoms with Gasteiger partial charge in [0.05, 0.1) is 5.92 Å². The predicted molar refractivity (Wildman–Crippen MR) is 96.5 cm³/mol. The number of carbonyl (C=O) groups is 2. The Kier molecular flexibility index (Phi) is 6.27. The van der Waals surface area contributed by atoms with Crippen LogP contribution < -0.4 is 5.32 Å². The van der Waals surface area contributed by atoms with Crippen LogP contribution in [0, 0.1) is 5.92 Å². The summed E-state index contributed by atoms with van der Waals surface area (Å²) in [6.45, 7) is 7.09. The molecule has 132 valence electrons. The molecule has 0 bridgehead atoms. The molecule has 1 aromatic carbocycles. The van der Waals surface area contributed by atoms with Gasteiger partial charge in [0.15, 0.2) is 0 Å². The number of benzene rings is 1. The number of likely N-dealkylation sites (tertiary alicyclic amines) is 1. The Hall–Kier alpha value is -1.56. The molecule has 1 heterocycles. The summed E-state index contributed by atoms with van der Waals surface area (Å²) in [7, 11) is 0. The van der Waals surface area contributed by atoms with Gasteiger partial charge in [-0.1, -0.05) is 28.1 Å². The average Bonchev–Trinajstić information content (AvgIpc) is 2.52. The van der Waals surface area contributed by atoms with Crippen LogP contribution in [0.2, 0.25) is 0 Å². The van der Waals surface area contributed by atoms with E-state index in [1.807, 2.05) is 45.0 Å². The topological polar surface area (TPSA) is 58.6 Å². The van der Waals surface area contributed by atoms with Crippen LogP contribution in [0.3, 0.4) is 0 Å². The van der Waals surface area contributed by atoms with Crippen molar-refractivity contribution in [2.24, 2.45) is 5.92 Å². The fraction of sp³-hybridized carbons (Fsp3) is 0.556. The number of ether oxygens (including phenoxy) is 1. The van der Waals surface area contributed by atoms with Crippen molar-refractivity contribution in [3.63, 3.8) is 0 Å². The molecular weight excluding hydrogens is 372 g/mol. The van der Waals surface area contributed by atoms with Gasteiger partial charge in [0.25, 0.3) is 0 Å². The molecule has 6 heteroatoms. The Morgan fingerprint density at radius 1 is 1.29 bits per heavy atom. The maximum atomic E-state index is 12.4. The van der Waals surface area contributed by atoms with Gasteiger partial charge < -0.3 is 15.0 Å². The second kappa shape index (κ2) is 8.01. The van der Waals surface area contributed by atoms with E-state index in [1.165, 1.54) is 0 Å². The van der Waals surface area contributed by atoms with Crippen LogP contribution in [0.15, 0.2) is 28.7 Å². The molecule has 1 fully saturated rings. The van der Waals surface area contributed by atoms with E-state index in [2.05, 4.69) is 21.2 Å². The smallest absolute Gasteiger partial charge is 0.410 e. The number of piperidine rings is 1. The predicted octanol–water partition coefficient (Wildman–Crippen LogP) is 3.71. The van der Waals surface area contributed by atoms with Crippen LogP contribution >= 0.6 is 15.9 Å². The molecule has 2 rings (SSSR count). The molecule has 1 aliphatic heterocycles. The van der Waals surface area contributed by atoms with Gasteiger partial charge in [-0.05, 0) is 51.3 Å². The van der Waals surface area contributed by atoms with E-state index in [-0.39, 0.29) is 17.9 Å². The third-order valence-electron chi connectivity index (χ3n) is 3.82. The first-order valence-electron chi connectivity index (χ1n) is 8.25. The SMILES string of the molecule is CC(C)(C)OC(=O)N1CCC[C@@H](C(=O)NCc2ccc(Br)cc2)C1. The lowest BCUT2D eigenvalue weighted by molar-refractivity contribution is -0.126. The molecule has 0 unspecified atom stereocenters. The number of carbonyl (C=O) groups excluding carboxylic acids is 2. The lowest BCUT2D eigenvalue weighted by Crippen LogP contribution is -2.46. The number of halogens is 1. The van der Waals surface area contributed by atoms with Crippen molar-refractivity contribution in [2.45, 2.75) is 45.8 Å². The maximum absolute atomic E-state index is 12.4. The van der Waals surface area contributed by atoms with Crippen molar-refractivity contribution in [1.29, 1.82) is 0 Å². The number of amides is 2. The molecule has 1 atom stereocenters. The van der Waals surface area contributed by atoms with Crippen molar-refractivity contribution < 1.29 is 14.3 Å². The van der Waals surface area contributed by atoms with Gasteiger partial charge in [-0.25, -0.2) is 4.79 Å². The monoisotopic (exact) mass is 396 g/mol. The zero-order valence-electron chi connectivity index (χ0n) is 14.5. The zero-order valence-corrected chi connectivity index (χ0v) is 16.1. The highest BCUT2D eigenvalue weighted by Crippen LogP contribution is 2.20. The molecule has 0 spiro atoms. The number of nitrogens with zero attached hydrogens (tertiary/aromatic N) is 1. The van der Waals surface area contributed by atoms with Gasteiger partial charge in [0.2, 0.25) is 5.91 Å². The van der Waals surface area contributed by atoms with Gasteiger partial charge in [-0.2, -0.15) is 0 Å². The van der Waals surface area contributed by atoms with E-state index < -0.39 is 5.60 Å². The average molecular weight is 397 g/mol. The fourth-order valence-corrected chi connectivity index (χ4v) is 2.88. The summed E-state index contributed by atoms with van der Waals surface area (Å²) in [5.74, 6) is -0.187. The van der Waals surface area contributed by atoms with Crippen LogP contribution in [0.25, 0.3) is 0 Å². The molecule has 1 N–H and O–H groups in total. The van der Waals surface area contributed by atoms with Crippen molar-refractivity contribution in [1.82, 2.24) is 10.2 Å². The third-order valence-corrected chi connectivity index (χ3v) is 4.35. The first-order valence-corrected chi connectivity index (χ1v) is 9.04. The Morgan fingerprint density at radius 3 is 2.58 bits per heavy atom. The second-order valence-electron chi connectivity index (χ2n) is 7.11. The molecule has 2 amide bonds. The molecule has 0 saturated carbocycles. The zero-order chi connectivity index (χ0) is 17.7. The molecule has 1 saturated heterocycles. The number of hydrogen-bond acceptors (Lipinski definition) is 3. The van der Waals surface area contributed by atoms with Crippen LogP contribution in [0.4, 0.5) is 4.79 Å². The van der Waals surface area contributed by atoms with Gasteiger partial charge in [-0.3, -0.25) is 4.79 Å². The molecule has 24 heavy (non-hydrogen) atoms. The summed E-state index contributed by atoms with van der Waals surface area (Å²) < 4.78 is 6.41. The minimum absolute atomic E-state index is 0.00817. The largest absolute Gasteiger partial charge is 0.444 e. The molecule has 0 aromatic heterocycles. The van der Waals surface area contributed by atoms with Crippen molar-refractivity contribution in [3.8, 4) is 0 Å². The molecule has 1 aliphatic rings. The Bertz CT molecular complexity index is 581. The first-order chi connectivity index (χ1) is 11.2. The van der Waals surface area contributed by atoms with E-state index in [0.29, 0.717) is 19.6 Å². The lowest BCUT2D eigenvalue weighted by atomic mass is 9.97. The van der Waals surface area contributed by atoms with Crippen LogP contribution in [-0.4, -0.2) is 35.6 Å². The summed E-state index contributed by atoms with van der Waals surface area (Å²) in [6, 6.07) is 7.84. The van der Waals surface area contributed by atoms with Gasteiger partial charge >= 0.3 is 6.09 Å². The molecule has 0 radical (unpaired) electrons. The number of nitrogens with one attached hydrogen (secondary N) is 1. The maximum Gasteiger partial charge on any atom is 0.410 e. The highest BCUT2D eigenvalue weighted by Gasteiger charge is 2.30. The Balaban J connectivity index is 1.85. The molecule has 1 aromatic rings. The van der Waals surface area contributed by atoms with Gasteiger partial charge in [0.1, 0.15) is 5.60 Å². The minimum atomic E-state index is -0.520. The van der Waals surface area contributed by atoms with Crippen molar-refractivity contribution in [2.75, 3.05) is 13.1 Å². The summed E-state index contributed by atoms with van der Waals surface area (Å²) in [6.07, 6.45) is 1.27. The van der Waals surface area contributed by atoms with E-state index in [4.69, 9.17) is 4.74 Å². The van der Waals surface area contributed by atoms with Crippen LogP contribution in [0.1, 0.15) is 39.2 Å². The van der Waals surface area contributed by atoms with E-state index in [9.17, 15) is 9.59 Å². The third kappa shape index (κ3) is 5.82.